The number of thioether (sulfide) groups is 1. The van der Waals surface area contributed by atoms with E-state index in [1.54, 1.807) is 36.4 Å². The third-order valence-corrected chi connectivity index (χ3v) is 10.2. The molecule has 2 aliphatic heterocycles. The minimum absolute atomic E-state index is 0.135. The van der Waals surface area contributed by atoms with E-state index in [9.17, 15) is 34.4 Å². The number of hydrogen-bond donors (Lipinski definition) is 2. The van der Waals surface area contributed by atoms with Crippen LogP contribution in [0.1, 0.15) is 16.4 Å². The van der Waals surface area contributed by atoms with Gasteiger partial charge in [0.1, 0.15) is 11.8 Å². The average molecular weight is 653 g/mol. The van der Waals surface area contributed by atoms with Gasteiger partial charge in [0.2, 0.25) is 17.7 Å². The highest BCUT2D eigenvalue weighted by molar-refractivity contribution is 8.00. The van der Waals surface area contributed by atoms with E-state index >= 15 is 0 Å². The van der Waals surface area contributed by atoms with Gasteiger partial charge in [-0.25, -0.2) is 4.90 Å². The second-order valence-electron chi connectivity index (χ2n) is 9.94. The quantitative estimate of drug-likeness (QED) is 0.165. The van der Waals surface area contributed by atoms with Gasteiger partial charge < -0.3 is 15.2 Å². The smallest absolute Gasteiger partial charge is 0.308 e. The largest absolute Gasteiger partial charge is 0.504 e. The van der Waals surface area contributed by atoms with Crippen molar-refractivity contribution in [1.82, 2.24) is 4.57 Å². The summed E-state index contributed by atoms with van der Waals surface area (Å²) in [6, 6.07) is 16.1. The first-order chi connectivity index (χ1) is 21.1. The zero-order valence-corrected chi connectivity index (χ0v) is 25.0. The molecule has 4 aromatic rings. The number of halogens is 1. The highest BCUT2D eigenvalue weighted by atomic mass is 35.5. The molecule has 1 fully saturated rings. The number of phenols is 1. The number of ether oxygens (including phenoxy) is 1. The molecule has 0 saturated carbocycles. The highest BCUT2D eigenvalue weighted by Gasteiger charge is 2.57. The van der Waals surface area contributed by atoms with Gasteiger partial charge in [-0.15, -0.1) is 0 Å². The number of phenolic OH excluding ortho intramolecular Hbond substituents is 1. The molecule has 12 nitrogen and oxygen atoms in total. The Morgan fingerprint density at radius 1 is 1.07 bits per heavy atom. The van der Waals surface area contributed by atoms with Gasteiger partial charge in [0.25, 0.3) is 5.69 Å². The number of non-ortho nitro benzene ring substituents is 1. The van der Waals surface area contributed by atoms with Gasteiger partial charge in [0.15, 0.2) is 11.5 Å². The van der Waals surface area contributed by atoms with Crippen LogP contribution < -0.4 is 19.8 Å². The monoisotopic (exact) mass is 652 g/mol. The van der Waals surface area contributed by atoms with Crippen molar-refractivity contribution in [2.75, 3.05) is 17.3 Å². The van der Waals surface area contributed by atoms with Crippen molar-refractivity contribution in [3.05, 3.63) is 102 Å². The van der Waals surface area contributed by atoms with Gasteiger partial charge in [-0.3, -0.25) is 33.9 Å². The molecule has 0 radical (unpaired) electrons. The fourth-order valence-electron chi connectivity index (χ4n) is 5.36. The molecule has 3 aromatic carbocycles. The zero-order valence-electron chi connectivity index (χ0n) is 22.6. The molecule has 6 rings (SSSR count). The average Bonchev–Trinajstić information content (AvgIpc) is 3.44. The van der Waals surface area contributed by atoms with Gasteiger partial charge in [-0.1, -0.05) is 40.8 Å². The van der Waals surface area contributed by atoms with E-state index in [1.165, 1.54) is 42.0 Å². The lowest BCUT2D eigenvalue weighted by atomic mass is 9.83. The van der Waals surface area contributed by atoms with Gasteiger partial charge in [0.05, 0.1) is 28.7 Å². The maximum Gasteiger partial charge on any atom is 0.308 e. The van der Waals surface area contributed by atoms with Crippen LogP contribution in [0.4, 0.5) is 17.1 Å². The normalized spacial score (nSPS) is 19.0. The Hall–Kier alpha value is -4.66. The van der Waals surface area contributed by atoms with Gasteiger partial charge >= 0.3 is 4.87 Å². The maximum atomic E-state index is 14.0. The Morgan fingerprint density at radius 2 is 1.77 bits per heavy atom. The number of aromatic hydroxyl groups is 1. The third-order valence-electron chi connectivity index (χ3n) is 7.36. The molecule has 3 amide bonds. The van der Waals surface area contributed by atoms with Gasteiger partial charge in [-0.05, 0) is 54.1 Å². The number of imide groups is 1. The Kier molecular flexibility index (Phi) is 7.65. The van der Waals surface area contributed by atoms with E-state index < -0.39 is 44.6 Å². The molecule has 2 unspecified atom stereocenters. The van der Waals surface area contributed by atoms with E-state index in [0.29, 0.717) is 26.2 Å². The van der Waals surface area contributed by atoms with E-state index in [-0.39, 0.29) is 29.4 Å². The molecular weight excluding hydrogens is 632 g/mol. The molecule has 1 aromatic heterocycles. The molecule has 1 saturated heterocycles. The molecule has 0 aliphatic carbocycles. The molecule has 15 heteroatoms. The summed E-state index contributed by atoms with van der Waals surface area (Å²) in [5.74, 6) is -3.35. The summed E-state index contributed by atoms with van der Waals surface area (Å²) >= 11 is 7.83. The van der Waals surface area contributed by atoms with Crippen LogP contribution in [-0.4, -0.2) is 44.7 Å². The van der Waals surface area contributed by atoms with Crippen LogP contribution in [0.2, 0.25) is 5.02 Å². The standard InChI is InChI=1S/C29H21ClN4O8S2/c1-42-20-12-14(2-11-19(20)35)22-23-24(27(38)33(26(23)37)17-7-9-18(10-8-17)34(40)41)43-28-25(22)44-29(39)32(28)13-21(36)31-16-5-3-15(30)4-6-16/h2-12,22-24,35H,13H2,1H3,(H,31,36)/t22-,23?,24?/m0/s1. The van der Waals surface area contributed by atoms with Crippen LogP contribution in [0.25, 0.3) is 0 Å². The molecule has 0 spiro atoms. The number of rotatable bonds is 7. The van der Waals surface area contributed by atoms with Crippen molar-refractivity contribution in [2.24, 2.45) is 5.92 Å². The highest BCUT2D eigenvalue weighted by Crippen LogP contribution is 2.54. The number of hydrogen-bond acceptors (Lipinski definition) is 10. The minimum Gasteiger partial charge on any atom is -0.504 e. The Bertz CT molecular complexity index is 1890. The van der Waals surface area contributed by atoms with Crippen LogP contribution in [0.3, 0.4) is 0 Å². The number of nitro groups is 1. The summed E-state index contributed by atoms with van der Waals surface area (Å²) in [4.78, 5) is 65.8. The SMILES string of the molecule is COc1cc([C@@H]2c3sc(=O)n(CC(=O)Nc4ccc(Cl)cc4)c3SC3C(=O)N(c4ccc([N+](=O)[O-])cc4)C(=O)C32)ccc1O. The number of nitrogens with one attached hydrogen (secondary N) is 1. The predicted octanol–water partition coefficient (Wildman–Crippen LogP) is 4.62. The number of anilines is 2. The molecule has 224 valence electrons. The predicted molar refractivity (Wildman–Crippen MR) is 164 cm³/mol. The Balaban J connectivity index is 1.42. The van der Waals surface area contributed by atoms with E-state index in [4.69, 9.17) is 16.3 Å². The van der Waals surface area contributed by atoms with E-state index in [0.717, 1.165) is 28.0 Å². The zero-order chi connectivity index (χ0) is 31.3. The first-order valence-corrected chi connectivity index (χ1v) is 15.1. The number of benzene rings is 3. The van der Waals surface area contributed by atoms with Gasteiger partial charge in [0, 0.05) is 33.6 Å². The van der Waals surface area contributed by atoms with Crippen molar-refractivity contribution in [3.8, 4) is 11.5 Å². The molecule has 3 heterocycles. The number of carbonyl (C=O) groups excluding carboxylic acids is 3. The molecule has 0 bridgehead atoms. The number of fused-ring (bicyclic) bond motifs is 2. The maximum absolute atomic E-state index is 14.0. The Labute approximate surface area is 262 Å². The van der Waals surface area contributed by atoms with E-state index in [2.05, 4.69) is 5.32 Å². The second-order valence-corrected chi connectivity index (χ2v) is 12.5. The Morgan fingerprint density at radius 3 is 2.43 bits per heavy atom. The first-order valence-electron chi connectivity index (χ1n) is 13.0. The second kappa shape index (κ2) is 11.4. The number of thiazole rings is 1. The van der Waals surface area contributed by atoms with Gasteiger partial charge in [-0.2, -0.15) is 0 Å². The van der Waals surface area contributed by atoms with Crippen LogP contribution in [-0.2, 0) is 20.9 Å². The summed E-state index contributed by atoms with van der Waals surface area (Å²) in [6.45, 7) is -0.350. The number of carbonyl (C=O) groups is 3. The summed E-state index contributed by atoms with van der Waals surface area (Å²) in [7, 11) is 1.37. The van der Waals surface area contributed by atoms with Crippen molar-refractivity contribution in [1.29, 1.82) is 0 Å². The lowest BCUT2D eigenvalue weighted by Crippen LogP contribution is -2.33. The number of nitro benzene ring substituents is 1. The number of aromatic nitrogens is 1. The molecular formula is C29H21ClN4O8S2. The third kappa shape index (κ3) is 5.10. The van der Waals surface area contributed by atoms with Crippen LogP contribution in [0.15, 0.2) is 76.6 Å². The van der Waals surface area contributed by atoms with Crippen molar-refractivity contribution in [2.45, 2.75) is 22.7 Å². The number of nitrogens with zero attached hydrogens (tertiary/aromatic N) is 3. The fraction of sp³-hybridized carbons (Fsp3) is 0.172. The summed E-state index contributed by atoms with van der Waals surface area (Å²) in [5, 5.41) is 24.0. The van der Waals surface area contributed by atoms with E-state index in [1.807, 2.05) is 0 Å². The molecule has 2 aliphatic rings. The lowest BCUT2D eigenvalue weighted by Gasteiger charge is -2.31. The summed E-state index contributed by atoms with van der Waals surface area (Å²) in [5.41, 5.74) is 0.970. The van der Waals surface area contributed by atoms with Crippen molar-refractivity contribution < 1.29 is 29.2 Å². The molecule has 2 N–H and O–H groups in total. The topological polar surface area (TPSA) is 161 Å². The minimum atomic E-state index is -0.977. The fourth-order valence-corrected chi connectivity index (χ4v) is 8.26. The van der Waals surface area contributed by atoms with Crippen LogP contribution >= 0.6 is 34.7 Å². The van der Waals surface area contributed by atoms with Crippen LogP contribution in [0.5, 0.6) is 11.5 Å². The summed E-state index contributed by atoms with van der Waals surface area (Å²) < 4.78 is 6.57. The molecule has 44 heavy (non-hydrogen) atoms. The summed E-state index contributed by atoms with van der Waals surface area (Å²) in [6.07, 6.45) is 0. The first kappa shape index (κ1) is 29.4. The molecule has 3 atom stereocenters. The number of methoxy groups -OCH3 is 1. The van der Waals surface area contributed by atoms with Crippen molar-refractivity contribution >= 4 is 69.5 Å². The van der Waals surface area contributed by atoms with Crippen molar-refractivity contribution in [3.63, 3.8) is 0 Å². The van der Waals surface area contributed by atoms with Crippen LogP contribution in [0, 0.1) is 16.0 Å². The number of amides is 3. The lowest BCUT2D eigenvalue weighted by molar-refractivity contribution is -0.384.